The summed E-state index contributed by atoms with van der Waals surface area (Å²) in [6, 6.07) is 0.380. The largest absolute Gasteiger partial charge is 0.366 e. The highest BCUT2D eigenvalue weighted by Crippen LogP contribution is 2.08. The van der Waals surface area contributed by atoms with Crippen molar-refractivity contribution in [2.75, 3.05) is 40.3 Å². The predicted octanol–water partition coefficient (Wildman–Crippen LogP) is 0.0673. The summed E-state index contributed by atoms with van der Waals surface area (Å²) >= 11 is 0. The van der Waals surface area contributed by atoms with E-state index in [1.807, 2.05) is 0 Å². The number of likely N-dealkylation sites (N-methyl/N-ethyl adjacent to an activating group) is 1. The Kier molecular flexibility index (Phi) is 6.60. The number of hydrogen-bond donors (Lipinski definition) is 2. The van der Waals surface area contributed by atoms with Gasteiger partial charge in [-0.3, -0.25) is 4.79 Å². The van der Waals surface area contributed by atoms with E-state index < -0.39 is 0 Å². The Hall–Kier alpha value is -0.650. The van der Waals surface area contributed by atoms with Crippen molar-refractivity contribution < 1.29 is 9.53 Å². The Morgan fingerprint density at radius 3 is 2.72 bits per heavy atom. The summed E-state index contributed by atoms with van der Waals surface area (Å²) in [4.78, 5) is 14.1. The lowest BCUT2D eigenvalue weighted by atomic mass is 10.0. The molecule has 1 unspecified atom stereocenters. The quantitative estimate of drug-likeness (QED) is 0.707. The molecule has 2 atom stereocenters. The van der Waals surface area contributed by atoms with Crippen LogP contribution in [-0.2, 0) is 9.53 Å². The van der Waals surface area contributed by atoms with E-state index in [0.29, 0.717) is 31.7 Å². The molecule has 5 heteroatoms. The van der Waals surface area contributed by atoms with Crippen LogP contribution in [0.1, 0.15) is 20.3 Å². The van der Waals surface area contributed by atoms with E-state index in [-0.39, 0.29) is 12.0 Å². The number of amides is 1. The standard InChI is InChI=1S/C13H27N3O2/c1-10(2)7-11(16(3)4)8-15-13(17)12-9-14-5-6-18-12/h10-12,14H,5-9H2,1-4H3,(H,15,17)/t11?,12-/m1/s1. The van der Waals surface area contributed by atoms with Gasteiger partial charge in [-0.2, -0.15) is 0 Å². The topological polar surface area (TPSA) is 53.6 Å². The number of rotatable bonds is 6. The normalized spacial score (nSPS) is 22.2. The van der Waals surface area contributed by atoms with Crippen molar-refractivity contribution in [3.8, 4) is 0 Å². The smallest absolute Gasteiger partial charge is 0.250 e. The number of carbonyl (C=O) groups is 1. The maximum atomic E-state index is 11.9. The fraction of sp³-hybridized carbons (Fsp3) is 0.923. The molecule has 1 aliphatic heterocycles. The second kappa shape index (κ2) is 7.71. The first kappa shape index (κ1) is 15.4. The minimum Gasteiger partial charge on any atom is -0.366 e. The van der Waals surface area contributed by atoms with Crippen molar-refractivity contribution in [3.05, 3.63) is 0 Å². The fourth-order valence-electron chi connectivity index (χ4n) is 2.09. The van der Waals surface area contributed by atoms with Gasteiger partial charge in [-0.25, -0.2) is 0 Å². The SMILES string of the molecule is CC(C)CC(CNC(=O)[C@H]1CNCCO1)N(C)C. The number of carbonyl (C=O) groups excluding carboxylic acids is 1. The van der Waals surface area contributed by atoms with Gasteiger partial charge in [-0.05, 0) is 26.4 Å². The number of hydrogen-bond acceptors (Lipinski definition) is 4. The molecular formula is C13H27N3O2. The maximum absolute atomic E-state index is 11.9. The van der Waals surface area contributed by atoms with E-state index in [9.17, 15) is 4.79 Å². The van der Waals surface area contributed by atoms with Crippen molar-refractivity contribution in [1.29, 1.82) is 0 Å². The zero-order valence-corrected chi connectivity index (χ0v) is 12.0. The first-order valence-electron chi connectivity index (χ1n) is 6.77. The highest BCUT2D eigenvalue weighted by molar-refractivity contribution is 5.81. The van der Waals surface area contributed by atoms with E-state index in [1.165, 1.54) is 0 Å². The highest BCUT2D eigenvalue weighted by Gasteiger charge is 2.22. The van der Waals surface area contributed by atoms with Gasteiger partial charge in [0, 0.05) is 25.7 Å². The first-order valence-corrected chi connectivity index (χ1v) is 6.77. The van der Waals surface area contributed by atoms with Crippen molar-refractivity contribution in [3.63, 3.8) is 0 Å². The zero-order chi connectivity index (χ0) is 13.5. The molecule has 1 amide bonds. The molecule has 1 fully saturated rings. The average molecular weight is 257 g/mol. The summed E-state index contributed by atoms with van der Waals surface area (Å²) in [5.74, 6) is 0.625. The predicted molar refractivity (Wildman–Crippen MR) is 72.5 cm³/mol. The summed E-state index contributed by atoms with van der Waals surface area (Å²) in [5, 5.41) is 6.16. The molecule has 1 rings (SSSR count). The highest BCUT2D eigenvalue weighted by atomic mass is 16.5. The molecule has 0 aromatic heterocycles. The number of nitrogens with one attached hydrogen (secondary N) is 2. The third-order valence-corrected chi connectivity index (χ3v) is 3.21. The van der Waals surface area contributed by atoms with Crippen LogP contribution in [0.25, 0.3) is 0 Å². The van der Waals surface area contributed by atoms with Crippen LogP contribution in [0, 0.1) is 5.92 Å². The maximum Gasteiger partial charge on any atom is 0.250 e. The first-order chi connectivity index (χ1) is 8.50. The van der Waals surface area contributed by atoms with Gasteiger partial charge < -0.3 is 20.3 Å². The lowest BCUT2D eigenvalue weighted by Crippen LogP contribution is -2.50. The summed E-state index contributed by atoms with van der Waals surface area (Å²) in [7, 11) is 4.11. The van der Waals surface area contributed by atoms with Gasteiger partial charge in [-0.1, -0.05) is 13.8 Å². The van der Waals surface area contributed by atoms with Crippen molar-refractivity contribution in [2.45, 2.75) is 32.4 Å². The number of nitrogens with zero attached hydrogens (tertiary/aromatic N) is 1. The third kappa shape index (κ3) is 5.33. The van der Waals surface area contributed by atoms with E-state index in [0.717, 1.165) is 13.0 Å². The van der Waals surface area contributed by atoms with E-state index in [4.69, 9.17) is 4.74 Å². The summed E-state index contributed by atoms with van der Waals surface area (Å²) in [6.07, 6.45) is 0.748. The molecule has 0 aromatic carbocycles. The van der Waals surface area contributed by atoms with Gasteiger partial charge in [0.05, 0.1) is 6.61 Å². The Labute approximate surface area is 110 Å². The molecule has 0 saturated carbocycles. The van der Waals surface area contributed by atoms with Crippen LogP contribution in [0.3, 0.4) is 0 Å². The van der Waals surface area contributed by atoms with Crippen molar-refractivity contribution >= 4 is 5.91 Å². The Morgan fingerprint density at radius 1 is 1.50 bits per heavy atom. The molecule has 0 radical (unpaired) electrons. The molecule has 106 valence electrons. The lowest BCUT2D eigenvalue weighted by Gasteiger charge is -2.28. The van der Waals surface area contributed by atoms with Crippen LogP contribution < -0.4 is 10.6 Å². The Balaban J connectivity index is 2.33. The average Bonchev–Trinajstić information content (AvgIpc) is 2.34. The zero-order valence-electron chi connectivity index (χ0n) is 12.0. The van der Waals surface area contributed by atoms with Gasteiger partial charge in [0.15, 0.2) is 0 Å². The molecule has 2 N–H and O–H groups in total. The summed E-state index contributed by atoms with van der Waals surface area (Å²) < 4.78 is 5.43. The molecule has 0 aliphatic carbocycles. The molecule has 1 aliphatic rings. The molecule has 5 nitrogen and oxygen atoms in total. The van der Waals surface area contributed by atoms with E-state index >= 15 is 0 Å². The minimum absolute atomic E-state index is 0.00203. The van der Waals surface area contributed by atoms with Gasteiger partial charge >= 0.3 is 0 Å². The van der Waals surface area contributed by atoms with Gasteiger partial charge in [-0.15, -0.1) is 0 Å². The number of morpholine rings is 1. The molecule has 1 saturated heterocycles. The molecule has 0 bridgehead atoms. The second-order valence-electron chi connectivity index (χ2n) is 5.56. The van der Waals surface area contributed by atoms with Crippen molar-refractivity contribution in [1.82, 2.24) is 15.5 Å². The van der Waals surface area contributed by atoms with E-state index in [2.05, 4.69) is 43.5 Å². The molecule has 18 heavy (non-hydrogen) atoms. The lowest BCUT2D eigenvalue weighted by molar-refractivity contribution is -0.134. The molecule has 1 heterocycles. The van der Waals surface area contributed by atoms with Crippen LogP contribution >= 0.6 is 0 Å². The Morgan fingerprint density at radius 2 is 2.22 bits per heavy atom. The monoisotopic (exact) mass is 257 g/mol. The van der Waals surface area contributed by atoms with Crippen LogP contribution in [0.4, 0.5) is 0 Å². The summed E-state index contributed by atoms with van der Waals surface area (Å²) in [5.41, 5.74) is 0. The van der Waals surface area contributed by atoms with Crippen LogP contribution in [0.5, 0.6) is 0 Å². The molecule has 0 aromatic rings. The van der Waals surface area contributed by atoms with Gasteiger partial charge in [0.1, 0.15) is 6.10 Å². The van der Waals surface area contributed by atoms with Crippen molar-refractivity contribution in [2.24, 2.45) is 5.92 Å². The molecule has 0 spiro atoms. The minimum atomic E-state index is -0.333. The van der Waals surface area contributed by atoms with Crippen LogP contribution in [0.2, 0.25) is 0 Å². The second-order valence-corrected chi connectivity index (χ2v) is 5.56. The number of ether oxygens (including phenoxy) is 1. The summed E-state index contributed by atoms with van der Waals surface area (Å²) in [6.45, 7) is 7.14. The van der Waals surface area contributed by atoms with Gasteiger partial charge in [0.25, 0.3) is 5.91 Å². The van der Waals surface area contributed by atoms with E-state index in [1.54, 1.807) is 0 Å². The van der Waals surface area contributed by atoms with Crippen LogP contribution in [-0.4, -0.2) is 63.3 Å². The third-order valence-electron chi connectivity index (χ3n) is 3.21. The molecular weight excluding hydrogens is 230 g/mol. The van der Waals surface area contributed by atoms with Crippen LogP contribution in [0.15, 0.2) is 0 Å². The fourth-order valence-corrected chi connectivity index (χ4v) is 2.09. The Bertz CT molecular complexity index is 251. The van der Waals surface area contributed by atoms with Gasteiger partial charge in [0.2, 0.25) is 0 Å².